The topological polar surface area (TPSA) is 96.2 Å². The zero-order valence-corrected chi connectivity index (χ0v) is 10.4. The van der Waals surface area contributed by atoms with Crippen LogP contribution in [0.3, 0.4) is 0 Å². The lowest BCUT2D eigenvalue weighted by Gasteiger charge is -2.25. The fraction of sp³-hybridized carbons (Fsp3) is 0.462. The second-order valence-electron chi connectivity index (χ2n) is 4.65. The van der Waals surface area contributed by atoms with E-state index in [0.29, 0.717) is 5.56 Å². The van der Waals surface area contributed by atoms with Crippen LogP contribution < -0.4 is 0 Å². The van der Waals surface area contributed by atoms with Crippen LogP contribution in [-0.4, -0.2) is 52.0 Å². The molecule has 104 valence electrons. The van der Waals surface area contributed by atoms with E-state index in [-0.39, 0.29) is 6.61 Å². The zero-order valence-electron chi connectivity index (χ0n) is 10.4. The Balaban J connectivity index is 1.95. The van der Waals surface area contributed by atoms with Crippen LogP contribution in [0.25, 0.3) is 0 Å². The van der Waals surface area contributed by atoms with Crippen molar-refractivity contribution in [2.45, 2.75) is 31.0 Å². The van der Waals surface area contributed by atoms with Crippen molar-refractivity contribution in [1.82, 2.24) is 0 Å². The summed E-state index contributed by atoms with van der Waals surface area (Å²) < 4.78 is 9.95. The maximum absolute atomic E-state index is 11.7. The highest BCUT2D eigenvalue weighted by atomic mass is 16.7. The summed E-state index contributed by atoms with van der Waals surface area (Å²) in [4.78, 5) is 11.7. The number of rotatable bonds is 3. The molecule has 0 amide bonds. The molecule has 0 radical (unpaired) electrons. The highest BCUT2D eigenvalue weighted by molar-refractivity contribution is 5.89. The fourth-order valence-corrected chi connectivity index (χ4v) is 1.88. The number of carbonyl (C=O) groups excluding carboxylic acids is 1. The van der Waals surface area contributed by atoms with Crippen LogP contribution in [0, 0.1) is 0 Å². The largest absolute Gasteiger partial charge is 0.459 e. The van der Waals surface area contributed by atoms with E-state index in [4.69, 9.17) is 9.47 Å². The quantitative estimate of drug-likeness (QED) is 0.650. The molecule has 1 aromatic carbocycles. The van der Waals surface area contributed by atoms with Gasteiger partial charge in [-0.1, -0.05) is 18.2 Å². The van der Waals surface area contributed by atoms with Crippen LogP contribution in [-0.2, 0) is 9.47 Å². The second-order valence-corrected chi connectivity index (χ2v) is 4.65. The van der Waals surface area contributed by atoms with Gasteiger partial charge in [-0.2, -0.15) is 0 Å². The molecule has 3 N–H and O–H groups in total. The maximum atomic E-state index is 11.7. The molecule has 0 spiro atoms. The average Bonchev–Trinajstić information content (AvgIpc) is 2.60. The lowest BCUT2D eigenvalue weighted by molar-refractivity contribution is -0.133. The van der Waals surface area contributed by atoms with Crippen LogP contribution >= 0.6 is 0 Å². The van der Waals surface area contributed by atoms with Crippen LogP contribution in [0.15, 0.2) is 30.3 Å². The molecule has 2 rings (SSSR count). The number of esters is 1. The van der Waals surface area contributed by atoms with Gasteiger partial charge in [0, 0.05) is 0 Å². The number of carbonyl (C=O) groups is 1. The minimum absolute atomic E-state index is 0.255. The molecule has 1 heterocycles. The minimum Gasteiger partial charge on any atom is -0.459 e. The molecule has 1 aliphatic heterocycles. The number of aliphatic hydroxyl groups excluding tert-OH is 2. The van der Waals surface area contributed by atoms with E-state index in [2.05, 4.69) is 0 Å². The van der Waals surface area contributed by atoms with Crippen LogP contribution in [0.4, 0.5) is 0 Å². The third-order valence-electron chi connectivity index (χ3n) is 3.20. The van der Waals surface area contributed by atoms with E-state index >= 15 is 0 Å². The fourth-order valence-electron chi connectivity index (χ4n) is 1.88. The molecule has 1 fully saturated rings. The van der Waals surface area contributed by atoms with Gasteiger partial charge in [0.25, 0.3) is 0 Å². The van der Waals surface area contributed by atoms with Crippen molar-refractivity contribution in [3.8, 4) is 0 Å². The molecule has 0 aromatic heterocycles. The first-order valence-electron chi connectivity index (χ1n) is 5.89. The molecule has 0 unspecified atom stereocenters. The summed E-state index contributed by atoms with van der Waals surface area (Å²) in [7, 11) is 0. The third kappa shape index (κ3) is 2.76. The molecule has 6 heteroatoms. The smallest absolute Gasteiger partial charge is 0.338 e. The highest BCUT2D eigenvalue weighted by Crippen LogP contribution is 2.30. The predicted octanol–water partition coefficient (Wildman–Crippen LogP) is -0.327. The number of hydrogen-bond acceptors (Lipinski definition) is 6. The Morgan fingerprint density at radius 3 is 2.53 bits per heavy atom. The molecule has 4 atom stereocenters. The summed E-state index contributed by atoms with van der Waals surface area (Å²) in [5.41, 5.74) is -1.29. The monoisotopic (exact) mass is 268 g/mol. The molecule has 19 heavy (non-hydrogen) atoms. The molecular weight excluding hydrogens is 252 g/mol. The molecular formula is C13H16O6. The van der Waals surface area contributed by atoms with Gasteiger partial charge in [0.05, 0.1) is 5.56 Å². The molecule has 6 nitrogen and oxygen atoms in total. The first kappa shape index (κ1) is 14.0. The predicted molar refractivity (Wildman–Crippen MR) is 64.2 cm³/mol. The standard InChI is InChI=1S/C13H16O6/c1-13(17)9(19-12(16)10(13)14)7-18-11(15)8-5-3-2-4-6-8/h2-6,9-10,12,14,16-17H,7H2,1H3/t9-,10+,12+,13-/m1/s1. The Labute approximate surface area is 110 Å². The van der Waals surface area contributed by atoms with Crippen molar-refractivity contribution in [2.24, 2.45) is 0 Å². The Morgan fingerprint density at radius 2 is 2.00 bits per heavy atom. The van der Waals surface area contributed by atoms with Crippen LogP contribution in [0.1, 0.15) is 17.3 Å². The maximum Gasteiger partial charge on any atom is 0.338 e. The number of aliphatic hydroxyl groups is 3. The minimum atomic E-state index is -1.67. The van der Waals surface area contributed by atoms with Crippen molar-refractivity contribution >= 4 is 5.97 Å². The highest BCUT2D eigenvalue weighted by Gasteiger charge is 2.52. The van der Waals surface area contributed by atoms with Crippen LogP contribution in [0.5, 0.6) is 0 Å². The molecule has 0 aliphatic carbocycles. The third-order valence-corrected chi connectivity index (χ3v) is 3.20. The summed E-state index contributed by atoms with van der Waals surface area (Å²) in [6.45, 7) is 1.06. The molecule has 0 saturated carbocycles. The Hall–Kier alpha value is -1.47. The second kappa shape index (κ2) is 5.26. The van der Waals surface area contributed by atoms with E-state index < -0.39 is 30.1 Å². The number of hydrogen-bond donors (Lipinski definition) is 3. The normalized spacial score (nSPS) is 34.2. The zero-order chi connectivity index (χ0) is 14.0. The summed E-state index contributed by atoms with van der Waals surface area (Å²) >= 11 is 0. The lowest BCUT2D eigenvalue weighted by Crippen LogP contribution is -2.47. The number of ether oxygens (including phenoxy) is 2. The van der Waals surface area contributed by atoms with E-state index in [0.717, 1.165) is 0 Å². The Bertz CT molecular complexity index is 444. The number of benzene rings is 1. The first-order valence-corrected chi connectivity index (χ1v) is 5.89. The van der Waals surface area contributed by atoms with Crippen molar-refractivity contribution in [3.05, 3.63) is 35.9 Å². The molecule has 1 saturated heterocycles. The van der Waals surface area contributed by atoms with Crippen molar-refractivity contribution in [2.75, 3.05) is 6.61 Å². The van der Waals surface area contributed by atoms with E-state index in [1.807, 2.05) is 0 Å². The SMILES string of the molecule is C[C@@]1(O)[C@@H](COC(=O)c2ccccc2)O[C@H](O)[C@@H]1O. The van der Waals surface area contributed by atoms with Crippen molar-refractivity contribution in [1.29, 1.82) is 0 Å². The van der Waals surface area contributed by atoms with Crippen LogP contribution in [0.2, 0.25) is 0 Å². The summed E-state index contributed by atoms with van der Waals surface area (Å²) in [5.74, 6) is -0.559. The molecule has 1 aliphatic rings. The van der Waals surface area contributed by atoms with Gasteiger partial charge in [-0.3, -0.25) is 0 Å². The van der Waals surface area contributed by atoms with Gasteiger partial charge in [-0.25, -0.2) is 4.79 Å². The molecule has 0 bridgehead atoms. The molecule has 1 aromatic rings. The van der Waals surface area contributed by atoms with Gasteiger partial charge in [0.1, 0.15) is 24.4 Å². The van der Waals surface area contributed by atoms with E-state index in [9.17, 15) is 20.1 Å². The van der Waals surface area contributed by atoms with Gasteiger partial charge in [-0.15, -0.1) is 0 Å². The lowest BCUT2D eigenvalue weighted by atomic mass is 9.95. The Kier molecular flexibility index (Phi) is 3.86. The van der Waals surface area contributed by atoms with Gasteiger partial charge < -0.3 is 24.8 Å². The Morgan fingerprint density at radius 1 is 1.37 bits per heavy atom. The van der Waals surface area contributed by atoms with Gasteiger partial charge >= 0.3 is 5.97 Å². The van der Waals surface area contributed by atoms with Crippen molar-refractivity contribution < 1.29 is 29.6 Å². The van der Waals surface area contributed by atoms with Gasteiger partial charge in [-0.05, 0) is 19.1 Å². The van der Waals surface area contributed by atoms with E-state index in [1.54, 1.807) is 30.3 Å². The van der Waals surface area contributed by atoms with Crippen molar-refractivity contribution in [3.63, 3.8) is 0 Å². The van der Waals surface area contributed by atoms with Gasteiger partial charge in [0.15, 0.2) is 6.29 Å². The van der Waals surface area contributed by atoms with E-state index in [1.165, 1.54) is 6.92 Å². The average molecular weight is 268 g/mol. The summed E-state index contributed by atoms with van der Waals surface area (Å²) in [6.07, 6.45) is -3.91. The van der Waals surface area contributed by atoms with Gasteiger partial charge in [0.2, 0.25) is 0 Å². The summed E-state index contributed by atoms with van der Waals surface area (Å²) in [6, 6.07) is 8.37. The summed E-state index contributed by atoms with van der Waals surface area (Å²) in [5, 5.41) is 28.8. The first-order chi connectivity index (χ1) is 8.93.